The molecule has 0 radical (unpaired) electrons. The van der Waals surface area contributed by atoms with E-state index >= 15 is 0 Å². The minimum atomic E-state index is -0.633. The minimum Gasteiger partial charge on any atom is -0.303 e. The maximum Gasteiger partial charge on any atom is 0.231 e. The summed E-state index contributed by atoms with van der Waals surface area (Å²) in [6.45, 7) is 0. The van der Waals surface area contributed by atoms with Crippen molar-refractivity contribution in [1.29, 1.82) is 0 Å². The van der Waals surface area contributed by atoms with Gasteiger partial charge in [0.2, 0.25) is 5.24 Å². The lowest BCUT2D eigenvalue weighted by atomic mass is 10.1. The molecular weight excluding hydrogens is 281 g/mol. The second kappa shape index (κ2) is 9.80. The quantitative estimate of drug-likeness (QED) is 0.371. The molecular formula is C10H11BrClNO2. The molecule has 0 saturated heterocycles. The Kier molecular flexibility index (Phi) is 9.32. The predicted octanol–water partition coefficient (Wildman–Crippen LogP) is 2.43. The SMILES string of the molecule is O=CC(CCBr)C(=O)Cl.c1ccncc1. The Bertz CT molecular complexity index is 255. The molecule has 15 heavy (non-hydrogen) atoms. The van der Waals surface area contributed by atoms with Gasteiger partial charge in [-0.1, -0.05) is 22.0 Å². The normalized spacial score (nSPS) is 10.8. The van der Waals surface area contributed by atoms with E-state index in [4.69, 9.17) is 11.6 Å². The van der Waals surface area contributed by atoms with Gasteiger partial charge >= 0.3 is 0 Å². The summed E-state index contributed by atoms with van der Waals surface area (Å²) in [6.07, 6.45) is 4.54. The molecule has 0 aliphatic carbocycles. The molecule has 0 amide bonds. The average Bonchev–Trinajstić information content (AvgIpc) is 2.28. The first-order valence-corrected chi connectivity index (χ1v) is 5.78. The van der Waals surface area contributed by atoms with Crippen LogP contribution in [-0.4, -0.2) is 21.8 Å². The second-order valence-corrected chi connectivity index (χ2v) is 3.71. The zero-order valence-corrected chi connectivity index (χ0v) is 10.3. The van der Waals surface area contributed by atoms with Crippen LogP contribution in [0.2, 0.25) is 0 Å². The topological polar surface area (TPSA) is 47.0 Å². The number of hydrogen-bond acceptors (Lipinski definition) is 3. The van der Waals surface area contributed by atoms with Gasteiger partial charge in [0, 0.05) is 17.7 Å². The second-order valence-electron chi connectivity index (χ2n) is 2.55. The van der Waals surface area contributed by atoms with Crippen molar-refractivity contribution in [2.45, 2.75) is 6.42 Å². The Morgan fingerprint density at radius 3 is 2.13 bits per heavy atom. The summed E-state index contributed by atoms with van der Waals surface area (Å²) in [5, 5.41) is 0.0407. The van der Waals surface area contributed by atoms with Crippen LogP contribution >= 0.6 is 27.5 Å². The number of pyridine rings is 1. The molecule has 0 aliphatic heterocycles. The van der Waals surface area contributed by atoms with E-state index in [0.717, 1.165) is 0 Å². The van der Waals surface area contributed by atoms with Crippen molar-refractivity contribution in [3.8, 4) is 0 Å². The van der Waals surface area contributed by atoms with Crippen LogP contribution in [-0.2, 0) is 9.59 Å². The fraction of sp³-hybridized carbons (Fsp3) is 0.300. The third-order valence-corrected chi connectivity index (χ3v) is 2.18. The number of alkyl halides is 1. The monoisotopic (exact) mass is 291 g/mol. The lowest BCUT2D eigenvalue weighted by Crippen LogP contribution is -2.10. The fourth-order valence-corrected chi connectivity index (χ4v) is 1.32. The fourth-order valence-electron chi connectivity index (χ4n) is 0.665. The molecule has 1 rings (SSSR count). The molecule has 1 atom stereocenters. The maximum atomic E-state index is 10.3. The number of hydrogen-bond donors (Lipinski definition) is 0. The molecule has 1 heterocycles. The number of rotatable bonds is 4. The first-order chi connectivity index (χ1) is 7.22. The summed E-state index contributed by atoms with van der Waals surface area (Å²) >= 11 is 8.12. The predicted molar refractivity (Wildman–Crippen MR) is 63.1 cm³/mol. The van der Waals surface area contributed by atoms with Crippen molar-refractivity contribution in [3.63, 3.8) is 0 Å². The molecule has 82 valence electrons. The van der Waals surface area contributed by atoms with E-state index in [-0.39, 0.29) is 0 Å². The molecule has 3 nitrogen and oxygen atoms in total. The molecule has 0 spiro atoms. The molecule has 0 saturated carbocycles. The van der Waals surface area contributed by atoms with Crippen LogP contribution < -0.4 is 0 Å². The summed E-state index contributed by atoms with van der Waals surface area (Å²) in [6, 6.07) is 5.72. The summed E-state index contributed by atoms with van der Waals surface area (Å²) in [7, 11) is 0. The number of halogens is 2. The van der Waals surface area contributed by atoms with E-state index < -0.39 is 11.2 Å². The van der Waals surface area contributed by atoms with Gasteiger partial charge < -0.3 is 4.79 Å². The highest BCUT2D eigenvalue weighted by atomic mass is 79.9. The van der Waals surface area contributed by atoms with Crippen molar-refractivity contribution in [1.82, 2.24) is 4.98 Å². The van der Waals surface area contributed by atoms with Gasteiger partial charge in [-0.3, -0.25) is 9.78 Å². The van der Waals surface area contributed by atoms with Crippen LogP contribution in [0.3, 0.4) is 0 Å². The molecule has 0 aromatic carbocycles. The number of aldehydes is 1. The van der Waals surface area contributed by atoms with Crippen molar-refractivity contribution < 1.29 is 9.59 Å². The number of nitrogens with zero attached hydrogens (tertiary/aromatic N) is 1. The summed E-state index contributed by atoms with van der Waals surface area (Å²) in [5.41, 5.74) is 0. The Balaban J connectivity index is 0.000000280. The van der Waals surface area contributed by atoms with Crippen LogP contribution in [0.4, 0.5) is 0 Å². The lowest BCUT2D eigenvalue weighted by Gasteiger charge is -1.97. The highest BCUT2D eigenvalue weighted by Crippen LogP contribution is 2.05. The van der Waals surface area contributed by atoms with E-state index in [1.54, 1.807) is 12.4 Å². The van der Waals surface area contributed by atoms with Crippen molar-refractivity contribution in [3.05, 3.63) is 30.6 Å². The average molecular weight is 293 g/mol. The Morgan fingerprint density at radius 2 is 2.00 bits per heavy atom. The maximum absolute atomic E-state index is 10.3. The van der Waals surface area contributed by atoms with E-state index in [2.05, 4.69) is 20.9 Å². The Morgan fingerprint density at radius 1 is 1.40 bits per heavy atom. The largest absolute Gasteiger partial charge is 0.303 e. The van der Waals surface area contributed by atoms with Gasteiger partial charge in [0.05, 0.1) is 5.92 Å². The molecule has 0 fully saturated rings. The van der Waals surface area contributed by atoms with E-state index in [9.17, 15) is 9.59 Å². The third kappa shape index (κ3) is 8.27. The zero-order valence-electron chi connectivity index (χ0n) is 7.98. The van der Waals surface area contributed by atoms with Crippen molar-refractivity contribution in [2.75, 3.05) is 5.33 Å². The van der Waals surface area contributed by atoms with Gasteiger partial charge in [0.15, 0.2) is 0 Å². The molecule has 0 N–H and O–H groups in total. The molecule has 1 unspecified atom stereocenters. The minimum absolute atomic E-state index is 0.478. The van der Waals surface area contributed by atoms with Gasteiger partial charge in [-0.05, 0) is 30.2 Å². The van der Waals surface area contributed by atoms with Crippen LogP contribution in [0, 0.1) is 5.92 Å². The first kappa shape index (κ1) is 14.3. The highest BCUT2D eigenvalue weighted by molar-refractivity contribution is 9.09. The lowest BCUT2D eigenvalue weighted by molar-refractivity contribution is -0.121. The third-order valence-electron chi connectivity index (χ3n) is 1.44. The summed E-state index contributed by atoms with van der Waals surface area (Å²) in [5.74, 6) is -0.633. The van der Waals surface area contributed by atoms with Gasteiger partial charge in [0.1, 0.15) is 6.29 Å². The number of carbonyl (C=O) groups excluding carboxylic acids is 2. The first-order valence-electron chi connectivity index (χ1n) is 4.28. The number of carbonyl (C=O) groups is 2. The molecule has 0 bridgehead atoms. The van der Waals surface area contributed by atoms with Crippen LogP contribution in [0.1, 0.15) is 6.42 Å². The van der Waals surface area contributed by atoms with Gasteiger partial charge in [-0.25, -0.2) is 0 Å². The van der Waals surface area contributed by atoms with Crippen molar-refractivity contribution in [2.24, 2.45) is 5.92 Å². The van der Waals surface area contributed by atoms with Crippen molar-refractivity contribution >= 4 is 39.1 Å². The Hall–Kier alpha value is -0.740. The number of aromatic nitrogens is 1. The van der Waals surface area contributed by atoms with E-state index in [1.807, 2.05) is 18.2 Å². The molecule has 0 aliphatic rings. The van der Waals surface area contributed by atoms with Gasteiger partial charge in [-0.15, -0.1) is 0 Å². The van der Waals surface area contributed by atoms with Crippen LogP contribution in [0.15, 0.2) is 30.6 Å². The highest BCUT2D eigenvalue weighted by Gasteiger charge is 2.12. The van der Waals surface area contributed by atoms with E-state index in [1.165, 1.54) is 0 Å². The van der Waals surface area contributed by atoms with Gasteiger partial charge in [-0.2, -0.15) is 0 Å². The van der Waals surface area contributed by atoms with Crippen LogP contribution in [0.5, 0.6) is 0 Å². The summed E-state index contributed by atoms with van der Waals surface area (Å²) in [4.78, 5) is 24.1. The smallest absolute Gasteiger partial charge is 0.231 e. The summed E-state index contributed by atoms with van der Waals surface area (Å²) < 4.78 is 0. The Labute approximate surface area is 102 Å². The van der Waals surface area contributed by atoms with Gasteiger partial charge in [0.25, 0.3) is 0 Å². The molecule has 5 heteroatoms. The van der Waals surface area contributed by atoms with E-state index in [0.29, 0.717) is 18.0 Å². The standard InChI is InChI=1S/C5H6BrClO2.C5H5N/c6-2-1-4(3-8)5(7)9;1-2-4-6-5-3-1/h3-4H,1-2H2;1-5H. The zero-order chi connectivity index (χ0) is 11.5. The van der Waals surface area contributed by atoms with Crippen LogP contribution in [0.25, 0.3) is 0 Å². The molecule has 1 aromatic rings. The molecule has 1 aromatic heterocycles.